The number of benzene rings is 1. The molecule has 1 aliphatic rings. The summed E-state index contributed by atoms with van der Waals surface area (Å²) in [5, 5.41) is 13.3. The van der Waals surface area contributed by atoms with Crippen LogP contribution in [0, 0.1) is 18.3 Å². The quantitative estimate of drug-likeness (QED) is 0.649. The number of sulfone groups is 1. The number of aromatic nitrogens is 2. The molecular weight excluding hydrogens is 356 g/mol. The first-order chi connectivity index (χ1) is 11.9. The van der Waals surface area contributed by atoms with Gasteiger partial charge < -0.3 is 5.32 Å². The van der Waals surface area contributed by atoms with Crippen LogP contribution in [0.4, 0.5) is 5.82 Å². The highest BCUT2D eigenvalue weighted by atomic mass is 32.2. The Hall–Kier alpha value is -2.11. The third kappa shape index (κ3) is 3.94. The summed E-state index contributed by atoms with van der Waals surface area (Å²) in [5.74, 6) is 0.633. The Morgan fingerprint density at radius 3 is 2.56 bits per heavy atom. The zero-order chi connectivity index (χ0) is 18.0. The Morgan fingerprint density at radius 2 is 2.00 bits per heavy atom. The fraction of sp³-hybridized carbons (Fsp3) is 0.353. The van der Waals surface area contributed by atoms with Crippen LogP contribution >= 0.6 is 11.8 Å². The zero-order valence-corrected chi connectivity index (χ0v) is 15.6. The standard InChI is InChI=1S/C17H18N4O2S2/c1-11-3-5-12(6-4-11)15-14(9-18)16(21-17(20-15)24-2)19-13-7-8-25(22,23)10-13/h3-6,13H,7-8,10H2,1-2H3,(H,19,20,21)/t13-/m1/s1. The third-order valence-corrected chi connectivity index (χ3v) is 6.40. The van der Waals surface area contributed by atoms with Crippen LogP contribution in [0.1, 0.15) is 17.5 Å². The van der Waals surface area contributed by atoms with Crippen molar-refractivity contribution in [2.45, 2.75) is 24.5 Å². The van der Waals surface area contributed by atoms with Gasteiger partial charge in [-0.3, -0.25) is 0 Å². The van der Waals surface area contributed by atoms with Crippen molar-refractivity contribution in [1.82, 2.24) is 9.97 Å². The smallest absolute Gasteiger partial charge is 0.189 e. The topological polar surface area (TPSA) is 95.7 Å². The van der Waals surface area contributed by atoms with Gasteiger partial charge in [0.25, 0.3) is 0 Å². The van der Waals surface area contributed by atoms with E-state index in [2.05, 4.69) is 21.4 Å². The summed E-state index contributed by atoms with van der Waals surface area (Å²) in [7, 11) is -3.01. The van der Waals surface area contributed by atoms with Gasteiger partial charge in [0.05, 0.1) is 17.2 Å². The Bertz CT molecular complexity index is 934. The van der Waals surface area contributed by atoms with Gasteiger partial charge in [-0.25, -0.2) is 18.4 Å². The molecule has 1 aromatic carbocycles. The van der Waals surface area contributed by atoms with E-state index in [0.717, 1.165) is 11.1 Å². The number of rotatable bonds is 4. The van der Waals surface area contributed by atoms with Gasteiger partial charge in [-0.1, -0.05) is 41.6 Å². The highest BCUT2D eigenvalue weighted by Crippen LogP contribution is 2.29. The number of hydrogen-bond donors (Lipinski definition) is 1. The van der Waals surface area contributed by atoms with Crippen molar-refractivity contribution in [1.29, 1.82) is 5.26 Å². The minimum absolute atomic E-state index is 0.0658. The summed E-state index contributed by atoms with van der Waals surface area (Å²) in [6, 6.07) is 9.73. The van der Waals surface area contributed by atoms with E-state index in [1.54, 1.807) is 0 Å². The molecule has 0 unspecified atom stereocenters. The maximum atomic E-state index is 11.7. The predicted molar refractivity (Wildman–Crippen MR) is 99.4 cm³/mol. The number of thioether (sulfide) groups is 1. The molecule has 6 nitrogen and oxygen atoms in total. The van der Waals surface area contributed by atoms with Gasteiger partial charge in [-0.15, -0.1) is 0 Å². The van der Waals surface area contributed by atoms with E-state index in [9.17, 15) is 13.7 Å². The lowest BCUT2D eigenvalue weighted by molar-refractivity contribution is 0.602. The first-order valence-corrected chi connectivity index (χ1v) is 10.9. The summed E-state index contributed by atoms with van der Waals surface area (Å²) < 4.78 is 23.4. The molecule has 1 saturated heterocycles. The van der Waals surface area contributed by atoms with E-state index in [0.29, 0.717) is 28.7 Å². The molecule has 2 aromatic rings. The zero-order valence-electron chi connectivity index (χ0n) is 14.0. The summed E-state index contributed by atoms with van der Waals surface area (Å²) in [4.78, 5) is 8.90. The van der Waals surface area contributed by atoms with Crippen molar-refractivity contribution in [2.75, 3.05) is 23.1 Å². The van der Waals surface area contributed by atoms with Crippen LogP contribution in [0.5, 0.6) is 0 Å². The van der Waals surface area contributed by atoms with Gasteiger partial charge in [0.15, 0.2) is 15.0 Å². The molecule has 25 heavy (non-hydrogen) atoms. The average molecular weight is 374 g/mol. The lowest BCUT2D eigenvalue weighted by Crippen LogP contribution is -2.22. The normalized spacial score (nSPS) is 18.7. The fourth-order valence-electron chi connectivity index (χ4n) is 2.76. The van der Waals surface area contributed by atoms with Gasteiger partial charge >= 0.3 is 0 Å². The van der Waals surface area contributed by atoms with Gasteiger partial charge in [-0.05, 0) is 19.6 Å². The lowest BCUT2D eigenvalue weighted by Gasteiger charge is -2.15. The summed E-state index contributed by atoms with van der Waals surface area (Å²) in [5.41, 5.74) is 2.86. The summed E-state index contributed by atoms with van der Waals surface area (Å²) in [6.07, 6.45) is 2.38. The Balaban J connectivity index is 2.04. The Kier molecular flexibility index (Phi) is 4.97. The maximum Gasteiger partial charge on any atom is 0.189 e. The molecule has 2 heterocycles. The van der Waals surface area contributed by atoms with Gasteiger partial charge in [0, 0.05) is 11.6 Å². The molecule has 0 amide bonds. The first kappa shape index (κ1) is 17.7. The second-order valence-electron chi connectivity index (χ2n) is 6.00. The van der Waals surface area contributed by atoms with Crippen molar-refractivity contribution >= 4 is 27.4 Å². The van der Waals surface area contributed by atoms with Crippen LogP contribution in [0.2, 0.25) is 0 Å². The Morgan fingerprint density at radius 1 is 1.28 bits per heavy atom. The monoisotopic (exact) mass is 374 g/mol. The fourth-order valence-corrected chi connectivity index (χ4v) is 4.80. The molecule has 1 aromatic heterocycles. The maximum absolute atomic E-state index is 11.7. The number of anilines is 1. The number of nitrogens with zero attached hydrogens (tertiary/aromatic N) is 3. The largest absolute Gasteiger partial charge is 0.365 e. The van der Waals surface area contributed by atoms with E-state index < -0.39 is 9.84 Å². The molecule has 1 fully saturated rings. The molecular formula is C17H18N4O2S2. The van der Waals surface area contributed by atoms with Crippen LogP contribution in [0.25, 0.3) is 11.3 Å². The van der Waals surface area contributed by atoms with E-state index in [1.165, 1.54) is 11.8 Å². The highest BCUT2D eigenvalue weighted by molar-refractivity contribution is 7.98. The van der Waals surface area contributed by atoms with Crippen molar-refractivity contribution < 1.29 is 8.42 Å². The molecule has 0 saturated carbocycles. The van der Waals surface area contributed by atoms with Crippen LogP contribution in [0.3, 0.4) is 0 Å². The molecule has 0 spiro atoms. The summed E-state index contributed by atoms with van der Waals surface area (Å²) in [6.45, 7) is 2.00. The molecule has 0 radical (unpaired) electrons. The van der Waals surface area contributed by atoms with Gasteiger partial charge in [0.2, 0.25) is 0 Å². The lowest BCUT2D eigenvalue weighted by atomic mass is 10.1. The molecule has 1 N–H and O–H groups in total. The van der Waals surface area contributed by atoms with Gasteiger partial charge in [-0.2, -0.15) is 5.26 Å². The van der Waals surface area contributed by atoms with E-state index >= 15 is 0 Å². The second-order valence-corrected chi connectivity index (χ2v) is 9.01. The van der Waals surface area contributed by atoms with E-state index in [1.807, 2.05) is 37.4 Å². The third-order valence-electron chi connectivity index (χ3n) is 4.08. The molecule has 1 aliphatic heterocycles. The molecule has 0 bridgehead atoms. The summed E-state index contributed by atoms with van der Waals surface area (Å²) >= 11 is 1.38. The van der Waals surface area contributed by atoms with E-state index in [4.69, 9.17) is 0 Å². The van der Waals surface area contributed by atoms with Crippen LogP contribution in [-0.2, 0) is 9.84 Å². The molecule has 0 aliphatic carbocycles. The van der Waals surface area contributed by atoms with Crippen molar-refractivity contribution in [3.8, 4) is 17.3 Å². The molecule has 130 valence electrons. The van der Waals surface area contributed by atoms with Crippen LogP contribution in [-0.4, -0.2) is 42.2 Å². The number of nitriles is 1. The first-order valence-electron chi connectivity index (χ1n) is 7.82. The number of aryl methyl sites for hydroxylation is 1. The predicted octanol–water partition coefficient (Wildman–Crippen LogP) is 2.64. The average Bonchev–Trinajstić information content (AvgIpc) is 2.93. The minimum atomic E-state index is -3.01. The van der Waals surface area contributed by atoms with Crippen molar-refractivity contribution in [3.05, 3.63) is 35.4 Å². The SMILES string of the molecule is CSc1nc(N[C@@H]2CCS(=O)(=O)C2)c(C#N)c(-c2ccc(C)cc2)n1. The molecule has 8 heteroatoms. The second kappa shape index (κ2) is 7.02. The van der Waals surface area contributed by atoms with Crippen LogP contribution < -0.4 is 5.32 Å². The van der Waals surface area contributed by atoms with E-state index in [-0.39, 0.29) is 17.5 Å². The van der Waals surface area contributed by atoms with Gasteiger partial charge in [0.1, 0.15) is 17.5 Å². The van der Waals surface area contributed by atoms with Crippen molar-refractivity contribution in [3.63, 3.8) is 0 Å². The molecule has 1 atom stereocenters. The van der Waals surface area contributed by atoms with Crippen molar-refractivity contribution in [2.24, 2.45) is 0 Å². The highest BCUT2D eigenvalue weighted by Gasteiger charge is 2.29. The number of nitrogens with one attached hydrogen (secondary N) is 1. The van der Waals surface area contributed by atoms with Crippen LogP contribution in [0.15, 0.2) is 29.4 Å². The Labute approximate surface area is 151 Å². The minimum Gasteiger partial charge on any atom is -0.365 e. The number of hydrogen-bond acceptors (Lipinski definition) is 7. The molecule has 3 rings (SSSR count).